The summed E-state index contributed by atoms with van der Waals surface area (Å²) in [6.45, 7) is 4.62. The lowest BCUT2D eigenvalue weighted by Gasteiger charge is -2.35. The van der Waals surface area contributed by atoms with Gasteiger partial charge in [-0.2, -0.15) is 4.39 Å². The van der Waals surface area contributed by atoms with Gasteiger partial charge in [-0.05, 0) is 106 Å². The van der Waals surface area contributed by atoms with Crippen molar-refractivity contribution in [1.82, 2.24) is 0 Å². The molecule has 1 aromatic rings. The number of ether oxygens (including phenoxy) is 1. The molecule has 184 valence electrons. The minimum atomic E-state index is -0.853. The fraction of sp³-hybridized carbons (Fsp3) is 0.667. The monoisotopic (exact) mass is 458 g/mol. The third-order valence-corrected chi connectivity index (χ3v) is 7.71. The summed E-state index contributed by atoms with van der Waals surface area (Å²) in [5.41, 5.74) is 2.15. The van der Waals surface area contributed by atoms with Gasteiger partial charge in [-0.1, -0.05) is 56.6 Å². The molecule has 0 aliphatic heterocycles. The van der Waals surface area contributed by atoms with Crippen molar-refractivity contribution >= 4 is 0 Å². The summed E-state index contributed by atoms with van der Waals surface area (Å²) >= 11 is 0. The van der Waals surface area contributed by atoms with Crippen molar-refractivity contribution in [2.24, 2.45) is 17.8 Å². The van der Waals surface area contributed by atoms with E-state index in [0.29, 0.717) is 24.5 Å². The zero-order chi connectivity index (χ0) is 23.5. The van der Waals surface area contributed by atoms with Gasteiger partial charge in [0.15, 0.2) is 11.6 Å². The highest BCUT2D eigenvalue weighted by molar-refractivity contribution is 5.31. The highest BCUT2D eigenvalue weighted by atomic mass is 19.2. The molecule has 3 heteroatoms. The van der Waals surface area contributed by atoms with E-state index >= 15 is 0 Å². The summed E-state index contributed by atoms with van der Waals surface area (Å²) in [5, 5.41) is 0. The lowest BCUT2D eigenvalue weighted by molar-refractivity contribution is 0.209. The molecule has 0 amide bonds. The number of unbranched alkanes of at least 4 members (excludes halogenated alkanes) is 2. The molecule has 0 spiro atoms. The molecular weight excluding hydrogens is 414 g/mol. The normalized spacial score (nSPS) is 23.6. The number of allylic oxidation sites excluding steroid dienone is 4. The molecule has 1 unspecified atom stereocenters. The van der Waals surface area contributed by atoms with E-state index in [4.69, 9.17) is 4.74 Å². The highest BCUT2D eigenvalue weighted by Crippen LogP contribution is 2.40. The van der Waals surface area contributed by atoms with Crippen molar-refractivity contribution in [3.05, 3.63) is 53.1 Å². The van der Waals surface area contributed by atoms with Crippen LogP contribution in [0, 0.1) is 29.4 Å². The molecule has 1 aromatic carbocycles. The maximum atomic E-state index is 14.3. The highest BCUT2D eigenvalue weighted by Gasteiger charge is 2.27. The molecule has 0 N–H and O–H groups in total. The van der Waals surface area contributed by atoms with E-state index in [1.54, 1.807) is 17.7 Å². The smallest absolute Gasteiger partial charge is 0.200 e. The summed E-state index contributed by atoms with van der Waals surface area (Å²) in [7, 11) is 0. The summed E-state index contributed by atoms with van der Waals surface area (Å²) in [4.78, 5) is 0. The predicted octanol–water partition coefficient (Wildman–Crippen LogP) is 9.36. The summed E-state index contributed by atoms with van der Waals surface area (Å²) in [6, 6.07) is 3.22. The Hall–Kier alpha value is -1.64. The standard InChI is InChI=1S/C30H44F2O/c1-3-5-6-9-23-12-16-25(17-13-23)26-18-14-24(15-19-26)10-7-8-11-27-20-21-28(33-22-4-2)30(32)29(27)31/h7,10,12,20-21,24-26H,3-6,8-9,11,13-19,22H2,1-2H3. The van der Waals surface area contributed by atoms with Gasteiger partial charge in [0.1, 0.15) is 0 Å². The number of hydrogen-bond acceptors (Lipinski definition) is 1. The van der Waals surface area contributed by atoms with Crippen LogP contribution in [-0.2, 0) is 6.42 Å². The predicted molar refractivity (Wildman–Crippen MR) is 135 cm³/mol. The molecule has 2 aliphatic carbocycles. The second kappa shape index (κ2) is 13.9. The zero-order valence-corrected chi connectivity index (χ0v) is 20.9. The Balaban J connectivity index is 1.37. The minimum Gasteiger partial charge on any atom is -0.490 e. The van der Waals surface area contributed by atoms with Gasteiger partial charge in [-0.25, -0.2) is 4.39 Å². The van der Waals surface area contributed by atoms with E-state index in [1.165, 1.54) is 70.6 Å². The third kappa shape index (κ3) is 7.97. The van der Waals surface area contributed by atoms with Crippen molar-refractivity contribution in [1.29, 1.82) is 0 Å². The number of benzene rings is 1. The first-order chi connectivity index (χ1) is 16.1. The third-order valence-electron chi connectivity index (χ3n) is 7.71. The first-order valence-electron chi connectivity index (χ1n) is 13.6. The van der Waals surface area contributed by atoms with E-state index in [1.807, 2.05) is 6.92 Å². The Bertz CT molecular complexity index is 774. The van der Waals surface area contributed by atoms with Crippen LogP contribution in [0.25, 0.3) is 0 Å². The van der Waals surface area contributed by atoms with Crippen molar-refractivity contribution in [3.63, 3.8) is 0 Å². The molecular formula is C30H44F2O. The first kappa shape index (κ1) is 26.0. The number of aryl methyl sites for hydroxylation is 1. The van der Waals surface area contributed by atoms with Gasteiger partial charge < -0.3 is 4.74 Å². The summed E-state index contributed by atoms with van der Waals surface area (Å²) < 4.78 is 33.7. The van der Waals surface area contributed by atoms with Gasteiger partial charge in [0.25, 0.3) is 0 Å². The van der Waals surface area contributed by atoms with Gasteiger partial charge >= 0.3 is 0 Å². The largest absolute Gasteiger partial charge is 0.490 e. The lowest BCUT2D eigenvalue weighted by atomic mass is 9.71. The molecule has 0 radical (unpaired) electrons. The molecule has 2 aliphatic rings. The van der Waals surface area contributed by atoms with Crippen molar-refractivity contribution in [2.75, 3.05) is 6.61 Å². The van der Waals surface area contributed by atoms with E-state index in [-0.39, 0.29) is 5.75 Å². The van der Waals surface area contributed by atoms with Crippen LogP contribution in [0.2, 0.25) is 0 Å². The Kier molecular flexibility index (Phi) is 11.0. The van der Waals surface area contributed by atoms with Gasteiger partial charge in [-0.15, -0.1) is 0 Å². The summed E-state index contributed by atoms with van der Waals surface area (Å²) in [6.07, 6.45) is 23.8. The minimum absolute atomic E-state index is 0.0200. The average molecular weight is 459 g/mol. The number of hydrogen-bond donors (Lipinski definition) is 0. The van der Waals surface area contributed by atoms with Crippen LogP contribution in [0.1, 0.15) is 103 Å². The molecule has 1 atom stereocenters. The quantitative estimate of drug-likeness (QED) is 0.224. The van der Waals surface area contributed by atoms with E-state index < -0.39 is 11.6 Å². The first-order valence-corrected chi connectivity index (χ1v) is 13.6. The Morgan fingerprint density at radius 1 is 0.909 bits per heavy atom. The SMILES string of the molecule is CCCCCC1=CCC(C2CCC(C=CCCc3ccc(OCCC)c(F)c3F)CC2)CC1. The van der Waals surface area contributed by atoms with Crippen LogP contribution >= 0.6 is 0 Å². The molecule has 3 rings (SSSR count). The average Bonchev–Trinajstić information content (AvgIpc) is 2.85. The number of rotatable bonds is 12. The molecule has 1 nitrogen and oxygen atoms in total. The van der Waals surface area contributed by atoms with Crippen LogP contribution in [0.3, 0.4) is 0 Å². The van der Waals surface area contributed by atoms with Gasteiger partial charge in [0.05, 0.1) is 6.61 Å². The van der Waals surface area contributed by atoms with E-state index in [9.17, 15) is 8.78 Å². The summed E-state index contributed by atoms with van der Waals surface area (Å²) in [5.74, 6) is 0.852. The van der Waals surface area contributed by atoms with Crippen molar-refractivity contribution < 1.29 is 13.5 Å². The lowest BCUT2D eigenvalue weighted by Crippen LogP contribution is -2.22. The zero-order valence-electron chi connectivity index (χ0n) is 20.9. The van der Waals surface area contributed by atoms with Crippen LogP contribution < -0.4 is 4.74 Å². The van der Waals surface area contributed by atoms with Crippen molar-refractivity contribution in [2.45, 2.75) is 104 Å². The Morgan fingerprint density at radius 2 is 1.73 bits per heavy atom. The van der Waals surface area contributed by atoms with Crippen molar-refractivity contribution in [3.8, 4) is 5.75 Å². The van der Waals surface area contributed by atoms with E-state index in [2.05, 4.69) is 25.2 Å². The van der Waals surface area contributed by atoms with E-state index in [0.717, 1.165) is 24.7 Å². The fourth-order valence-electron chi connectivity index (χ4n) is 5.59. The molecule has 33 heavy (non-hydrogen) atoms. The Labute approximate surface area is 200 Å². The topological polar surface area (TPSA) is 9.23 Å². The van der Waals surface area contributed by atoms with Crippen LogP contribution in [-0.4, -0.2) is 6.61 Å². The molecule has 1 fully saturated rings. The maximum Gasteiger partial charge on any atom is 0.200 e. The second-order valence-corrected chi connectivity index (χ2v) is 10.2. The molecule has 1 saturated carbocycles. The molecule has 0 bridgehead atoms. The van der Waals surface area contributed by atoms with Crippen LogP contribution in [0.5, 0.6) is 5.75 Å². The molecule has 0 saturated heterocycles. The maximum absolute atomic E-state index is 14.3. The van der Waals surface area contributed by atoms with Gasteiger partial charge in [-0.3, -0.25) is 0 Å². The molecule has 0 aromatic heterocycles. The number of halogens is 2. The molecule has 0 heterocycles. The van der Waals surface area contributed by atoms with Gasteiger partial charge in [0, 0.05) is 0 Å². The Morgan fingerprint density at radius 3 is 2.42 bits per heavy atom. The fourth-order valence-corrected chi connectivity index (χ4v) is 5.59. The second-order valence-electron chi connectivity index (χ2n) is 10.2. The van der Waals surface area contributed by atoms with Crippen LogP contribution in [0.4, 0.5) is 8.78 Å². The van der Waals surface area contributed by atoms with Crippen LogP contribution in [0.15, 0.2) is 35.9 Å². The van der Waals surface area contributed by atoms with Gasteiger partial charge in [0.2, 0.25) is 5.82 Å².